The fraction of sp³-hybridized carbons (Fsp3) is 0.417. The molecule has 1 amide bonds. The maximum Gasteiger partial charge on any atom is 0.456 e. The molecule has 0 aliphatic heterocycles. The highest BCUT2D eigenvalue weighted by atomic mass is 19.4. The summed E-state index contributed by atoms with van der Waals surface area (Å²) in [6, 6.07) is 3.49. The molecule has 118 valence electrons. The van der Waals surface area contributed by atoms with Crippen molar-refractivity contribution in [2.45, 2.75) is 19.0 Å². The molecule has 3 N–H and O–H groups in total. The van der Waals surface area contributed by atoms with Crippen LogP contribution in [-0.2, 0) is 0 Å². The number of alkyl halides is 5. The molecule has 9 heteroatoms. The Labute approximate surface area is 117 Å². The van der Waals surface area contributed by atoms with Crippen LogP contribution < -0.4 is 15.8 Å². The second kappa shape index (κ2) is 6.15. The van der Waals surface area contributed by atoms with Crippen LogP contribution in [0.1, 0.15) is 17.3 Å². The van der Waals surface area contributed by atoms with Crippen LogP contribution >= 0.6 is 0 Å². The molecule has 0 aromatic heterocycles. The number of carbonyl (C=O) groups is 1. The molecule has 1 aromatic carbocycles. The normalized spacial score (nSPS) is 12.1. The van der Waals surface area contributed by atoms with E-state index in [1.54, 1.807) is 6.92 Å². The molecule has 0 aliphatic rings. The standard InChI is InChI=1S/C12H13F5N2O2/c1-2-19-10(20)7-3-4-8(18)9(5-7)21-6-11(13,14)12(15,16)17/h3-5H,2,6,18H2,1H3,(H,19,20). The van der Waals surface area contributed by atoms with E-state index in [-0.39, 0.29) is 11.3 Å². The maximum absolute atomic E-state index is 12.8. The zero-order valence-electron chi connectivity index (χ0n) is 10.9. The molecule has 0 atom stereocenters. The molecule has 0 aliphatic carbocycles. The first-order valence-corrected chi connectivity index (χ1v) is 5.83. The van der Waals surface area contributed by atoms with Crippen LogP contribution in [0.5, 0.6) is 5.75 Å². The zero-order chi connectivity index (χ0) is 16.3. The van der Waals surface area contributed by atoms with Crippen molar-refractivity contribution in [2.75, 3.05) is 18.9 Å². The minimum Gasteiger partial charge on any atom is -0.485 e. The minimum absolute atomic E-state index is 0.0383. The van der Waals surface area contributed by atoms with E-state index in [0.717, 1.165) is 6.07 Å². The molecular formula is C12H13F5N2O2. The third-order valence-corrected chi connectivity index (χ3v) is 2.44. The van der Waals surface area contributed by atoms with Crippen molar-refractivity contribution in [3.63, 3.8) is 0 Å². The van der Waals surface area contributed by atoms with Gasteiger partial charge in [-0.1, -0.05) is 0 Å². The van der Waals surface area contributed by atoms with Crippen molar-refractivity contribution in [3.8, 4) is 5.75 Å². The van der Waals surface area contributed by atoms with Gasteiger partial charge in [-0.3, -0.25) is 4.79 Å². The fourth-order valence-corrected chi connectivity index (χ4v) is 1.31. The van der Waals surface area contributed by atoms with Crippen molar-refractivity contribution < 1.29 is 31.5 Å². The largest absolute Gasteiger partial charge is 0.485 e. The van der Waals surface area contributed by atoms with Crippen molar-refractivity contribution >= 4 is 11.6 Å². The van der Waals surface area contributed by atoms with E-state index < -0.39 is 30.4 Å². The summed E-state index contributed by atoms with van der Waals surface area (Å²) < 4.78 is 66.0. The number of nitrogen functional groups attached to an aromatic ring is 1. The van der Waals surface area contributed by atoms with E-state index in [2.05, 4.69) is 10.1 Å². The lowest BCUT2D eigenvalue weighted by atomic mass is 10.1. The number of amides is 1. The van der Waals surface area contributed by atoms with E-state index in [1.807, 2.05) is 0 Å². The van der Waals surface area contributed by atoms with Crippen LogP contribution in [0.2, 0.25) is 0 Å². The first-order chi connectivity index (χ1) is 9.58. The summed E-state index contributed by atoms with van der Waals surface area (Å²) in [5, 5.41) is 2.44. The molecule has 0 saturated carbocycles. The second-order valence-electron chi connectivity index (χ2n) is 4.10. The molecule has 0 saturated heterocycles. The van der Waals surface area contributed by atoms with Crippen LogP contribution in [0.4, 0.5) is 27.6 Å². The Morgan fingerprint density at radius 3 is 2.43 bits per heavy atom. The van der Waals surface area contributed by atoms with Crippen molar-refractivity contribution in [1.29, 1.82) is 0 Å². The number of hydrogen-bond acceptors (Lipinski definition) is 3. The third kappa shape index (κ3) is 4.20. The smallest absolute Gasteiger partial charge is 0.456 e. The van der Waals surface area contributed by atoms with Gasteiger partial charge >= 0.3 is 12.1 Å². The van der Waals surface area contributed by atoms with Crippen LogP contribution in [0.3, 0.4) is 0 Å². The molecule has 0 fully saturated rings. The topological polar surface area (TPSA) is 64.4 Å². The Morgan fingerprint density at radius 2 is 1.90 bits per heavy atom. The Kier molecular flexibility index (Phi) is 4.97. The minimum atomic E-state index is -5.72. The third-order valence-electron chi connectivity index (χ3n) is 2.44. The van der Waals surface area contributed by atoms with Gasteiger partial charge < -0.3 is 15.8 Å². The van der Waals surface area contributed by atoms with Gasteiger partial charge in [-0.25, -0.2) is 0 Å². The summed E-state index contributed by atoms with van der Waals surface area (Å²) in [5.41, 5.74) is 5.31. The highest BCUT2D eigenvalue weighted by Gasteiger charge is 2.58. The summed E-state index contributed by atoms with van der Waals surface area (Å²) >= 11 is 0. The first kappa shape index (κ1) is 17.0. The zero-order valence-corrected chi connectivity index (χ0v) is 10.9. The Hall–Kier alpha value is -2.06. The number of nitrogens with two attached hydrogens (primary N) is 1. The predicted molar refractivity (Wildman–Crippen MR) is 65.4 cm³/mol. The number of anilines is 1. The lowest BCUT2D eigenvalue weighted by Gasteiger charge is -2.20. The summed E-state index contributed by atoms with van der Waals surface area (Å²) in [5.74, 6) is -5.95. The highest BCUT2D eigenvalue weighted by Crippen LogP contribution is 2.36. The van der Waals surface area contributed by atoms with Crippen molar-refractivity contribution in [2.24, 2.45) is 0 Å². The van der Waals surface area contributed by atoms with Gasteiger partial charge in [0, 0.05) is 12.1 Å². The van der Waals surface area contributed by atoms with Gasteiger partial charge in [0.25, 0.3) is 5.91 Å². The number of rotatable bonds is 5. The SMILES string of the molecule is CCNC(=O)c1ccc(N)c(OCC(F)(F)C(F)(F)F)c1. The number of halogens is 5. The molecular weight excluding hydrogens is 299 g/mol. The molecule has 0 heterocycles. The van der Waals surface area contributed by atoms with Gasteiger partial charge in [0.1, 0.15) is 5.75 Å². The number of benzene rings is 1. The summed E-state index contributed by atoms with van der Waals surface area (Å²) in [6.45, 7) is 0.0710. The highest BCUT2D eigenvalue weighted by molar-refractivity contribution is 5.95. The predicted octanol–water partition coefficient (Wildman–Crippen LogP) is 2.59. The number of hydrogen-bond donors (Lipinski definition) is 2. The molecule has 0 bridgehead atoms. The van der Waals surface area contributed by atoms with Gasteiger partial charge in [0.15, 0.2) is 6.61 Å². The summed E-state index contributed by atoms with van der Waals surface area (Å²) in [4.78, 5) is 11.5. The van der Waals surface area contributed by atoms with Gasteiger partial charge in [-0.05, 0) is 25.1 Å². The average molecular weight is 312 g/mol. The monoisotopic (exact) mass is 312 g/mol. The van der Waals surface area contributed by atoms with Crippen molar-refractivity contribution in [3.05, 3.63) is 23.8 Å². The van der Waals surface area contributed by atoms with Gasteiger partial charge in [0.2, 0.25) is 0 Å². The maximum atomic E-state index is 12.8. The van der Waals surface area contributed by atoms with Crippen LogP contribution in [0.15, 0.2) is 18.2 Å². The molecule has 0 unspecified atom stereocenters. The lowest BCUT2D eigenvalue weighted by Crippen LogP contribution is -2.41. The molecule has 0 spiro atoms. The first-order valence-electron chi connectivity index (χ1n) is 5.83. The van der Waals surface area contributed by atoms with E-state index >= 15 is 0 Å². The van der Waals surface area contributed by atoms with Crippen LogP contribution in [-0.4, -0.2) is 31.2 Å². The summed E-state index contributed by atoms with van der Waals surface area (Å²) in [6.07, 6.45) is -5.72. The lowest BCUT2D eigenvalue weighted by molar-refractivity contribution is -0.289. The van der Waals surface area contributed by atoms with Gasteiger partial charge in [-0.15, -0.1) is 0 Å². The number of carbonyl (C=O) groups excluding carboxylic acids is 1. The molecule has 1 aromatic rings. The Balaban J connectivity index is 2.89. The number of nitrogens with one attached hydrogen (secondary N) is 1. The van der Waals surface area contributed by atoms with Crippen LogP contribution in [0, 0.1) is 0 Å². The molecule has 0 radical (unpaired) electrons. The van der Waals surface area contributed by atoms with Gasteiger partial charge in [0.05, 0.1) is 5.69 Å². The average Bonchev–Trinajstić information content (AvgIpc) is 2.36. The van der Waals surface area contributed by atoms with Crippen molar-refractivity contribution in [1.82, 2.24) is 5.32 Å². The quantitative estimate of drug-likeness (QED) is 0.649. The summed E-state index contributed by atoms with van der Waals surface area (Å²) in [7, 11) is 0. The Morgan fingerprint density at radius 1 is 1.29 bits per heavy atom. The Bertz CT molecular complexity index is 517. The molecule has 21 heavy (non-hydrogen) atoms. The number of ether oxygens (including phenoxy) is 1. The van der Waals surface area contributed by atoms with E-state index in [0.29, 0.717) is 6.54 Å². The van der Waals surface area contributed by atoms with E-state index in [9.17, 15) is 26.7 Å². The second-order valence-corrected chi connectivity index (χ2v) is 4.10. The molecule has 4 nitrogen and oxygen atoms in total. The van der Waals surface area contributed by atoms with Crippen LogP contribution in [0.25, 0.3) is 0 Å². The van der Waals surface area contributed by atoms with Gasteiger partial charge in [-0.2, -0.15) is 22.0 Å². The van der Waals surface area contributed by atoms with E-state index in [1.165, 1.54) is 12.1 Å². The van der Waals surface area contributed by atoms with E-state index in [4.69, 9.17) is 5.73 Å². The fourth-order valence-electron chi connectivity index (χ4n) is 1.31. The molecule has 1 rings (SSSR count).